The van der Waals surface area contributed by atoms with Gasteiger partial charge < -0.3 is 15.0 Å². The fourth-order valence-electron chi connectivity index (χ4n) is 2.23. The summed E-state index contributed by atoms with van der Waals surface area (Å²) in [6, 6.07) is 4.65. The summed E-state index contributed by atoms with van der Waals surface area (Å²) in [4.78, 5) is 15.0. The van der Waals surface area contributed by atoms with Crippen LogP contribution in [0.5, 0.6) is 0 Å². The molecule has 1 amide bonds. The van der Waals surface area contributed by atoms with Gasteiger partial charge in [0.15, 0.2) is 0 Å². The molecule has 0 saturated carbocycles. The van der Waals surface area contributed by atoms with Gasteiger partial charge in [-0.2, -0.15) is 0 Å². The molecule has 0 saturated heterocycles. The average molecular weight is 327 g/mol. The largest absolute Gasteiger partial charge is 0.444 e. The second-order valence-electron chi connectivity index (χ2n) is 6.85. The van der Waals surface area contributed by atoms with E-state index in [1.165, 1.54) is 4.88 Å². The standard InChI is InChI=1S/C17H30N2O2S/c1-7-14(15-9-8-10-22-15)18-11-13(2)12-19(6)16(20)21-17(3,4)5/h8-10,13-14,18H,7,11-12H2,1-6H3. The number of nitrogens with one attached hydrogen (secondary N) is 1. The fourth-order valence-corrected chi connectivity index (χ4v) is 3.11. The fraction of sp³-hybridized carbons (Fsp3) is 0.706. The summed E-state index contributed by atoms with van der Waals surface area (Å²) >= 11 is 1.79. The number of amides is 1. The molecule has 0 aliphatic heterocycles. The van der Waals surface area contributed by atoms with Crippen molar-refractivity contribution in [2.24, 2.45) is 5.92 Å². The lowest BCUT2D eigenvalue weighted by Crippen LogP contribution is -2.38. The first kappa shape index (κ1) is 19.0. The van der Waals surface area contributed by atoms with Crippen LogP contribution >= 0.6 is 11.3 Å². The molecule has 0 fully saturated rings. The molecule has 0 radical (unpaired) electrons. The van der Waals surface area contributed by atoms with E-state index in [4.69, 9.17) is 4.74 Å². The Kier molecular flexibility index (Phi) is 7.36. The SMILES string of the molecule is CCC(NCC(C)CN(C)C(=O)OC(C)(C)C)c1cccs1. The van der Waals surface area contributed by atoms with Crippen molar-refractivity contribution in [2.75, 3.05) is 20.1 Å². The minimum Gasteiger partial charge on any atom is -0.444 e. The molecule has 0 aliphatic carbocycles. The number of rotatable bonds is 7. The lowest BCUT2D eigenvalue weighted by Gasteiger charge is -2.27. The molecule has 22 heavy (non-hydrogen) atoms. The quantitative estimate of drug-likeness (QED) is 0.812. The monoisotopic (exact) mass is 326 g/mol. The third-order valence-electron chi connectivity index (χ3n) is 3.30. The third kappa shape index (κ3) is 6.79. The highest BCUT2D eigenvalue weighted by Crippen LogP contribution is 2.21. The molecule has 1 rings (SSSR count). The van der Waals surface area contributed by atoms with E-state index in [1.54, 1.807) is 23.3 Å². The highest BCUT2D eigenvalue weighted by Gasteiger charge is 2.21. The van der Waals surface area contributed by atoms with E-state index in [9.17, 15) is 4.79 Å². The van der Waals surface area contributed by atoms with Crippen molar-refractivity contribution in [1.82, 2.24) is 10.2 Å². The molecule has 2 atom stereocenters. The van der Waals surface area contributed by atoms with Crippen LogP contribution in [0.4, 0.5) is 4.79 Å². The van der Waals surface area contributed by atoms with Gasteiger partial charge in [-0.3, -0.25) is 0 Å². The van der Waals surface area contributed by atoms with Crippen LogP contribution in [-0.2, 0) is 4.74 Å². The number of ether oxygens (including phenoxy) is 1. The molecular formula is C17H30N2O2S. The van der Waals surface area contributed by atoms with Crippen molar-refractivity contribution in [3.8, 4) is 0 Å². The summed E-state index contributed by atoms with van der Waals surface area (Å²) in [5.74, 6) is 0.367. The van der Waals surface area contributed by atoms with Gasteiger partial charge >= 0.3 is 6.09 Å². The topological polar surface area (TPSA) is 41.6 Å². The maximum Gasteiger partial charge on any atom is 0.410 e. The second-order valence-corrected chi connectivity index (χ2v) is 7.83. The lowest BCUT2D eigenvalue weighted by molar-refractivity contribution is 0.0276. The van der Waals surface area contributed by atoms with Crippen molar-refractivity contribution >= 4 is 17.4 Å². The van der Waals surface area contributed by atoms with Crippen LogP contribution < -0.4 is 5.32 Å². The van der Waals surface area contributed by atoms with Gasteiger partial charge in [0.2, 0.25) is 0 Å². The summed E-state index contributed by atoms with van der Waals surface area (Å²) in [5.41, 5.74) is -0.445. The zero-order valence-electron chi connectivity index (χ0n) is 14.7. The third-order valence-corrected chi connectivity index (χ3v) is 4.28. The molecule has 4 nitrogen and oxygen atoms in total. The first-order valence-electron chi connectivity index (χ1n) is 7.93. The lowest BCUT2D eigenvalue weighted by atomic mass is 10.1. The minimum atomic E-state index is -0.445. The zero-order valence-corrected chi connectivity index (χ0v) is 15.5. The van der Waals surface area contributed by atoms with Gasteiger partial charge in [0.1, 0.15) is 5.60 Å². The number of hydrogen-bond donors (Lipinski definition) is 1. The Morgan fingerprint density at radius 2 is 2.14 bits per heavy atom. The van der Waals surface area contributed by atoms with Crippen molar-refractivity contribution in [3.63, 3.8) is 0 Å². The van der Waals surface area contributed by atoms with Crippen molar-refractivity contribution < 1.29 is 9.53 Å². The van der Waals surface area contributed by atoms with Gasteiger partial charge in [-0.15, -0.1) is 11.3 Å². The van der Waals surface area contributed by atoms with E-state index < -0.39 is 5.60 Å². The van der Waals surface area contributed by atoms with Gasteiger partial charge in [0.25, 0.3) is 0 Å². The zero-order chi connectivity index (χ0) is 16.8. The Morgan fingerprint density at radius 1 is 1.45 bits per heavy atom. The van der Waals surface area contributed by atoms with Crippen LogP contribution in [0, 0.1) is 5.92 Å². The molecule has 1 N–H and O–H groups in total. The molecule has 2 unspecified atom stereocenters. The predicted octanol–water partition coefficient (Wildman–Crippen LogP) is 4.29. The number of nitrogens with zero attached hydrogens (tertiary/aromatic N) is 1. The maximum absolute atomic E-state index is 12.0. The van der Waals surface area contributed by atoms with Crippen molar-refractivity contribution in [3.05, 3.63) is 22.4 Å². The average Bonchev–Trinajstić information content (AvgIpc) is 2.91. The van der Waals surface area contributed by atoms with Crippen molar-refractivity contribution in [2.45, 2.75) is 52.7 Å². The predicted molar refractivity (Wildman–Crippen MR) is 93.4 cm³/mol. The van der Waals surface area contributed by atoms with Crippen LogP contribution in [-0.4, -0.2) is 36.7 Å². The molecular weight excluding hydrogens is 296 g/mol. The maximum atomic E-state index is 12.0. The van der Waals surface area contributed by atoms with E-state index in [0.29, 0.717) is 18.5 Å². The second kappa shape index (κ2) is 8.53. The van der Waals surface area contributed by atoms with E-state index >= 15 is 0 Å². The number of carbonyl (C=O) groups excluding carboxylic acids is 1. The summed E-state index contributed by atoms with van der Waals surface area (Å²) in [7, 11) is 1.79. The Labute approximate surface area is 138 Å². The highest BCUT2D eigenvalue weighted by molar-refractivity contribution is 7.10. The van der Waals surface area contributed by atoms with Crippen LogP contribution in [0.25, 0.3) is 0 Å². The normalized spacial score (nSPS) is 14.5. The number of thiophene rings is 1. The Bertz CT molecular complexity index is 440. The summed E-state index contributed by atoms with van der Waals surface area (Å²) in [6.45, 7) is 11.6. The number of hydrogen-bond acceptors (Lipinski definition) is 4. The molecule has 126 valence electrons. The molecule has 1 heterocycles. The van der Waals surface area contributed by atoms with Crippen molar-refractivity contribution in [1.29, 1.82) is 0 Å². The first-order chi connectivity index (χ1) is 10.2. The molecule has 0 aromatic carbocycles. The van der Waals surface area contributed by atoms with Gasteiger partial charge in [-0.25, -0.2) is 4.79 Å². The number of carbonyl (C=O) groups is 1. The van der Waals surface area contributed by atoms with Gasteiger partial charge in [0, 0.05) is 24.5 Å². The molecule has 1 aromatic rings. The van der Waals surface area contributed by atoms with E-state index in [1.807, 2.05) is 20.8 Å². The molecule has 0 spiro atoms. The van der Waals surface area contributed by atoms with Gasteiger partial charge in [-0.05, 0) is 51.1 Å². The van der Waals surface area contributed by atoms with Gasteiger partial charge in [0.05, 0.1) is 0 Å². The summed E-state index contributed by atoms with van der Waals surface area (Å²) in [6.07, 6.45) is 0.805. The summed E-state index contributed by atoms with van der Waals surface area (Å²) < 4.78 is 5.37. The summed E-state index contributed by atoms with van der Waals surface area (Å²) in [5, 5.41) is 5.71. The van der Waals surface area contributed by atoms with E-state index in [-0.39, 0.29) is 6.09 Å². The minimum absolute atomic E-state index is 0.260. The Balaban J connectivity index is 2.39. The van der Waals surface area contributed by atoms with Crippen LogP contribution in [0.15, 0.2) is 17.5 Å². The first-order valence-corrected chi connectivity index (χ1v) is 8.81. The molecule has 0 bridgehead atoms. The van der Waals surface area contributed by atoms with Crippen LogP contribution in [0.3, 0.4) is 0 Å². The Morgan fingerprint density at radius 3 is 2.64 bits per heavy atom. The van der Waals surface area contributed by atoms with Crippen LogP contribution in [0.2, 0.25) is 0 Å². The van der Waals surface area contributed by atoms with Crippen LogP contribution in [0.1, 0.15) is 52.0 Å². The molecule has 1 aromatic heterocycles. The van der Waals surface area contributed by atoms with Gasteiger partial charge in [-0.1, -0.05) is 19.9 Å². The highest BCUT2D eigenvalue weighted by atomic mass is 32.1. The smallest absolute Gasteiger partial charge is 0.410 e. The van der Waals surface area contributed by atoms with E-state index in [0.717, 1.165) is 13.0 Å². The van der Waals surface area contributed by atoms with E-state index in [2.05, 4.69) is 36.7 Å². The molecule has 5 heteroatoms. The molecule has 0 aliphatic rings. The Hall–Kier alpha value is -1.07.